The second kappa shape index (κ2) is 8.40. The van der Waals surface area contributed by atoms with Crippen LogP contribution in [0.1, 0.15) is 6.92 Å². The lowest BCUT2D eigenvalue weighted by molar-refractivity contribution is -0.128. The minimum absolute atomic E-state index is 0.0806. The van der Waals surface area contributed by atoms with E-state index in [0.29, 0.717) is 22.7 Å². The molecule has 0 saturated carbocycles. The van der Waals surface area contributed by atoms with E-state index < -0.39 is 6.10 Å². The number of carbonyl (C=O) groups excluding carboxylic acids is 1. The number of ether oxygens (including phenoxy) is 2. The summed E-state index contributed by atoms with van der Waals surface area (Å²) in [5, 5.41) is 4.03. The molecule has 0 aliphatic heterocycles. The van der Waals surface area contributed by atoms with Gasteiger partial charge in [-0.15, -0.1) is 0 Å². The number of rotatable bonds is 7. The Balaban J connectivity index is 2.52. The van der Waals surface area contributed by atoms with Crippen LogP contribution in [0.2, 0.25) is 5.02 Å². The topological polar surface area (TPSA) is 47.6 Å². The van der Waals surface area contributed by atoms with Crippen molar-refractivity contribution >= 4 is 33.4 Å². The van der Waals surface area contributed by atoms with Gasteiger partial charge < -0.3 is 14.8 Å². The molecule has 1 aromatic carbocycles. The number of carbonyl (C=O) groups is 1. The lowest BCUT2D eigenvalue weighted by Gasteiger charge is -2.19. The van der Waals surface area contributed by atoms with Crippen molar-refractivity contribution in [3.8, 4) is 5.75 Å². The number of hydrogen-bond acceptors (Lipinski definition) is 3. The second-order valence-corrected chi connectivity index (χ2v) is 5.12. The van der Waals surface area contributed by atoms with Gasteiger partial charge in [-0.05, 0) is 25.1 Å². The molecule has 0 saturated heterocycles. The van der Waals surface area contributed by atoms with Crippen molar-refractivity contribution in [2.75, 3.05) is 19.0 Å². The normalized spacial score (nSPS) is 13.7. The molecule has 0 spiro atoms. The van der Waals surface area contributed by atoms with E-state index in [1.54, 1.807) is 38.3 Å². The van der Waals surface area contributed by atoms with Crippen LogP contribution in [-0.2, 0) is 9.53 Å². The van der Waals surface area contributed by atoms with Crippen molar-refractivity contribution < 1.29 is 14.3 Å². The molecule has 0 heterocycles. The van der Waals surface area contributed by atoms with Gasteiger partial charge in [-0.25, -0.2) is 0 Å². The molecule has 0 aromatic heterocycles. The molecule has 106 valence electrons. The van der Waals surface area contributed by atoms with Crippen molar-refractivity contribution in [3.63, 3.8) is 0 Å². The molecule has 0 fully saturated rings. The highest BCUT2D eigenvalue weighted by atomic mass is 79.9. The van der Waals surface area contributed by atoms with Gasteiger partial charge in [-0.1, -0.05) is 33.6 Å². The summed E-state index contributed by atoms with van der Waals surface area (Å²) in [5.41, 5.74) is 0. The fourth-order valence-electron chi connectivity index (χ4n) is 1.44. The van der Waals surface area contributed by atoms with Crippen molar-refractivity contribution in [1.82, 2.24) is 5.32 Å². The zero-order valence-corrected chi connectivity index (χ0v) is 13.2. The third-order valence-corrected chi connectivity index (χ3v) is 3.40. The summed E-state index contributed by atoms with van der Waals surface area (Å²) in [7, 11) is 1.59. The Morgan fingerprint density at radius 2 is 2.26 bits per heavy atom. The maximum absolute atomic E-state index is 11.9. The van der Waals surface area contributed by atoms with Crippen LogP contribution in [0.5, 0.6) is 5.75 Å². The van der Waals surface area contributed by atoms with Crippen LogP contribution < -0.4 is 10.1 Å². The Morgan fingerprint density at radius 3 is 2.84 bits per heavy atom. The highest BCUT2D eigenvalue weighted by Gasteiger charge is 2.18. The van der Waals surface area contributed by atoms with Crippen LogP contribution in [0.3, 0.4) is 0 Å². The molecule has 0 aliphatic rings. The molecule has 6 heteroatoms. The van der Waals surface area contributed by atoms with Gasteiger partial charge in [0.25, 0.3) is 5.91 Å². The van der Waals surface area contributed by atoms with Crippen molar-refractivity contribution in [1.29, 1.82) is 0 Å². The standard InChI is InChI=1S/C13H17BrClNO3/c1-9(13(17)16-11(7-14)8-18-2)19-12-5-3-4-10(15)6-12/h3-6,9,11H,7-8H2,1-2H3,(H,16,17). The number of halogens is 2. The van der Waals surface area contributed by atoms with Gasteiger partial charge in [-0.3, -0.25) is 4.79 Å². The van der Waals surface area contributed by atoms with Crippen LogP contribution >= 0.6 is 27.5 Å². The molecule has 0 bridgehead atoms. The number of hydrogen-bond donors (Lipinski definition) is 1. The molecule has 1 rings (SSSR count). The molecule has 2 atom stereocenters. The molecule has 1 N–H and O–H groups in total. The third kappa shape index (κ3) is 5.80. The predicted octanol–water partition coefficient (Wildman–Crippen LogP) is 2.63. The van der Waals surface area contributed by atoms with Crippen molar-refractivity contribution in [3.05, 3.63) is 29.3 Å². The Morgan fingerprint density at radius 1 is 1.53 bits per heavy atom. The molecule has 0 aliphatic carbocycles. The van der Waals surface area contributed by atoms with Gasteiger partial charge in [0.1, 0.15) is 5.75 Å². The highest BCUT2D eigenvalue weighted by Crippen LogP contribution is 2.18. The van der Waals surface area contributed by atoms with Crippen LogP contribution in [0, 0.1) is 0 Å². The fourth-order valence-corrected chi connectivity index (χ4v) is 1.97. The predicted molar refractivity (Wildman–Crippen MR) is 79.1 cm³/mol. The molecule has 19 heavy (non-hydrogen) atoms. The van der Waals surface area contributed by atoms with E-state index in [1.807, 2.05) is 0 Å². The summed E-state index contributed by atoms with van der Waals surface area (Å²) in [6, 6.07) is 6.87. The minimum atomic E-state index is -0.600. The van der Waals surface area contributed by atoms with E-state index in [1.165, 1.54) is 0 Å². The number of amides is 1. The van der Waals surface area contributed by atoms with E-state index in [0.717, 1.165) is 0 Å². The fraction of sp³-hybridized carbons (Fsp3) is 0.462. The summed E-state index contributed by atoms with van der Waals surface area (Å²) in [4.78, 5) is 11.9. The molecule has 0 radical (unpaired) electrons. The van der Waals surface area contributed by atoms with E-state index in [9.17, 15) is 4.79 Å². The molecular formula is C13H17BrClNO3. The van der Waals surface area contributed by atoms with E-state index >= 15 is 0 Å². The van der Waals surface area contributed by atoms with Gasteiger partial charge in [0.2, 0.25) is 0 Å². The van der Waals surface area contributed by atoms with E-state index in [2.05, 4.69) is 21.2 Å². The molecule has 1 aromatic rings. The largest absolute Gasteiger partial charge is 0.481 e. The first kappa shape index (κ1) is 16.3. The lowest BCUT2D eigenvalue weighted by atomic mass is 10.3. The van der Waals surface area contributed by atoms with E-state index in [-0.39, 0.29) is 11.9 Å². The second-order valence-electron chi connectivity index (χ2n) is 4.03. The van der Waals surface area contributed by atoms with Gasteiger partial charge >= 0.3 is 0 Å². The molecule has 2 unspecified atom stereocenters. The van der Waals surface area contributed by atoms with Crippen LogP contribution in [0.15, 0.2) is 24.3 Å². The summed E-state index contributed by atoms with van der Waals surface area (Å²) >= 11 is 9.17. The Labute approximate surface area is 126 Å². The Bertz CT molecular complexity index is 417. The SMILES string of the molecule is COCC(CBr)NC(=O)C(C)Oc1cccc(Cl)c1. The average molecular weight is 351 g/mol. The zero-order chi connectivity index (χ0) is 14.3. The van der Waals surface area contributed by atoms with E-state index in [4.69, 9.17) is 21.1 Å². The summed E-state index contributed by atoms with van der Waals surface area (Å²) < 4.78 is 10.5. The van der Waals surface area contributed by atoms with Gasteiger partial charge in [-0.2, -0.15) is 0 Å². The molecular weight excluding hydrogens is 334 g/mol. The molecule has 1 amide bonds. The average Bonchev–Trinajstić information content (AvgIpc) is 2.38. The highest BCUT2D eigenvalue weighted by molar-refractivity contribution is 9.09. The monoisotopic (exact) mass is 349 g/mol. The third-order valence-electron chi connectivity index (χ3n) is 2.38. The maximum atomic E-state index is 11.9. The quantitative estimate of drug-likeness (QED) is 0.769. The minimum Gasteiger partial charge on any atom is -0.481 e. The summed E-state index contributed by atoms with van der Waals surface area (Å²) in [6.07, 6.45) is -0.600. The van der Waals surface area contributed by atoms with Crippen LogP contribution in [-0.4, -0.2) is 37.1 Å². The van der Waals surface area contributed by atoms with Crippen molar-refractivity contribution in [2.45, 2.75) is 19.1 Å². The van der Waals surface area contributed by atoms with Gasteiger partial charge in [0.05, 0.1) is 12.6 Å². The number of alkyl halides is 1. The maximum Gasteiger partial charge on any atom is 0.261 e. The van der Waals surface area contributed by atoms with Gasteiger partial charge in [0.15, 0.2) is 6.10 Å². The van der Waals surface area contributed by atoms with Gasteiger partial charge in [0, 0.05) is 17.5 Å². The first-order valence-electron chi connectivity index (χ1n) is 5.84. The summed E-state index contributed by atoms with van der Waals surface area (Å²) in [6.45, 7) is 2.13. The number of benzene rings is 1. The zero-order valence-electron chi connectivity index (χ0n) is 10.9. The lowest BCUT2D eigenvalue weighted by Crippen LogP contribution is -2.45. The first-order chi connectivity index (χ1) is 9.06. The van der Waals surface area contributed by atoms with Crippen molar-refractivity contribution in [2.24, 2.45) is 0 Å². The number of nitrogens with one attached hydrogen (secondary N) is 1. The van der Waals surface area contributed by atoms with Crippen LogP contribution in [0.25, 0.3) is 0 Å². The number of methoxy groups -OCH3 is 1. The smallest absolute Gasteiger partial charge is 0.261 e. The summed E-state index contributed by atoms with van der Waals surface area (Å²) in [5.74, 6) is 0.374. The first-order valence-corrected chi connectivity index (χ1v) is 7.34. The Kier molecular flexibility index (Phi) is 7.20. The molecule has 4 nitrogen and oxygen atoms in total. The Hall–Kier alpha value is -0.780. The van der Waals surface area contributed by atoms with Crippen LogP contribution in [0.4, 0.5) is 0 Å².